The van der Waals surface area contributed by atoms with Crippen molar-refractivity contribution in [3.63, 3.8) is 0 Å². The molecule has 0 unspecified atom stereocenters. The number of carbonyl (C=O) groups excluding carboxylic acids is 7. The third-order valence-corrected chi connectivity index (χ3v) is 21.5. The number of halogens is 4. The predicted molar refractivity (Wildman–Crippen MR) is 572 cm³/mol. The lowest BCUT2D eigenvalue weighted by atomic mass is 9.69. The number of alkyl halides is 1. The standard InChI is InChI=1S/C26H39N3O5.C15H21N3O4.C14H21N3O5.C14H23N3O3.C11H19ClO.C7H6FNO3.C7H16N2O2.C6H4FNO3.CH3I/c1-16(2)19-10-8-17(3)14-20(19)23(30)29-21-11-9-18(33-7)15-22(21)28(25(29)32)13-12-27-24(31)34-26(4,5)6;1-15(2,3)22-14(20)16-7-8-18-12-9-10(21-4)5-6-11(12)17-13(18)19;1-14(2,3)22-13(18)16-8-7-15-11-9-10(21-4)5-6-12(11)17(19)20;1-14(2,3)20-13(18)17-8-7-16-12-9-10(19-4)5-6-11(12)15;1-7(2)9-5-4-8(3)6-10(9)11(12)13;1-12-5-2-3-7(9(10)11)6(8)4-5;1-7(2,3)11-6(10)9-5-4-8;7-5-3-4(9)1-2-6(5)8(10)11;1-2/h9,11,15-17,19-20H,8,10,12-14H2,1-7H3,(H,27,31);5-6,9H,7-8H2,1-4H3,(H,16,20)(H,17,19);5-6,9,15H,7-8H2,1-4H3,(H,16,18);5-6,9,16H,7-8,15H2,1-4H3,(H,17,18);7-10H,4-6H2,1-3H3;2-4H,1H3;4-5,8H2,1-3H3,(H,9,10);1-3,9H;1H3/t17-,19+,20-;;;;8-,9+,10-;;;;/m1...1..../s1/i;;;;;;;;1D. The fourth-order valence-electron chi connectivity index (χ4n) is 14.6. The van der Waals surface area contributed by atoms with E-state index in [0.29, 0.717) is 126 Å². The first-order valence-electron chi connectivity index (χ1n) is 48.2. The Bertz CT molecular complexity index is 5720. The van der Waals surface area contributed by atoms with Crippen LogP contribution in [0, 0.1) is 89.3 Å². The minimum atomic E-state index is -1.03. The molecule has 2 saturated carbocycles. The largest absolute Gasteiger partial charge is 0.508 e. The van der Waals surface area contributed by atoms with Gasteiger partial charge in [-0.2, -0.15) is 8.78 Å². The summed E-state index contributed by atoms with van der Waals surface area (Å²) < 4.78 is 86.8. The van der Waals surface area contributed by atoms with Crippen molar-refractivity contribution >= 4 is 132 Å². The van der Waals surface area contributed by atoms with E-state index in [0.717, 1.165) is 72.4 Å². The van der Waals surface area contributed by atoms with Gasteiger partial charge in [0.25, 0.3) is 5.69 Å². The molecule has 2 aliphatic carbocycles. The number of aromatic hydroxyl groups is 1. The van der Waals surface area contributed by atoms with E-state index < -0.39 is 96.3 Å². The number of nitrogens with two attached hydrogens (primary N) is 2. The molecule has 5 amide bonds. The topological polar surface area (TPSA) is 562 Å². The first kappa shape index (κ1) is 128. The zero-order chi connectivity index (χ0) is 113. The molecule has 42 nitrogen and oxygen atoms in total. The van der Waals surface area contributed by atoms with Gasteiger partial charge in [0.1, 0.15) is 68.2 Å². The van der Waals surface area contributed by atoms with Crippen LogP contribution in [0.5, 0.6) is 34.5 Å². The summed E-state index contributed by atoms with van der Waals surface area (Å²) in [5, 5.41) is 58.7. The number of nitro benzene ring substituents is 3. The quantitative estimate of drug-likeness (QED) is 0.00317. The summed E-state index contributed by atoms with van der Waals surface area (Å²) in [7, 11) is 7.57. The number of hydrogen-bond acceptors (Lipinski definition) is 30. The van der Waals surface area contributed by atoms with Gasteiger partial charge in [-0.25, -0.2) is 38.1 Å². The summed E-state index contributed by atoms with van der Waals surface area (Å²) in [6.45, 7) is 43.5. The normalized spacial score (nSPS) is 15.2. The average molecular weight is 2210 g/mol. The summed E-state index contributed by atoms with van der Waals surface area (Å²) in [6, 6.07) is 26.4. The number of nitrogen functional groups attached to an aromatic ring is 1. The van der Waals surface area contributed by atoms with Gasteiger partial charge >= 0.3 is 53.2 Å². The van der Waals surface area contributed by atoms with E-state index >= 15 is 0 Å². The number of phenols is 1. The van der Waals surface area contributed by atoms with Crippen molar-refractivity contribution in [2.75, 3.05) is 109 Å². The number of aromatic nitrogens is 4. The second-order valence-electron chi connectivity index (χ2n) is 39.4. The van der Waals surface area contributed by atoms with Gasteiger partial charge in [-0.1, -0.05) is 77.0 Å². The van der Waals surface area contributed by atoms with Crippen LogP contribution in [-0.4, -0.2) is 201 Å². The fraction of sp³-hybridized carbons (Fsp3) is 0.554. The molecule has 2 aliphatic rings. The van der Waals surface area contributed by atoms with Crippen molar-refractivity contribution in [2.45, 2.75) is 225 Å². The number of ether oxygens (including phenoxy) is 10. The van der Waals surface area contributed by atoms with Crippen LogP contribution in [-0.2, 0) is 41.6 Å². The number of aromatic amines is 1. The lowest BCUT2D eigenvalue weighted by molar-refractivity contribution is -0.387. The van der Waals surface area contributed by atoms with E-state index in [1.165, 1.54) is 60.5 Å². The van der Waals surface area contributed by atoms with Crippen molar-refractivity contribution in [3.05, 3.63) is 172 Å². The molecule has 0 radical (unpaired) electrons. The van der Waals surface area contributed by atoms with Crippen LogP contribution in [0.1, 0.15) is 190 Å². The molecular weight excluding hydrogens is 2050 g/mol. The zero-order valence-electron chi connectivity index (χ0n) is 90.0. The highest BCUT2D eigenvalue weighted by molar-refractivity contribution is 14.1. The molecule has 0 saturated heterocycles. The van der Waals surface area contributed by atoms with Gasteiger partial charge in [0.2, 0.25) is 22.8 Å². The van der Waals surface area contributed by atoms with Crippen LogP contribution < -0.4 is 83.7 Å². The maximum atomic E-state index is 13.8. The molecule has 6 atom stereocenters. The van der Waals surface area contributed by atoms with E-state index in [-0.39, 0.29) is 77.1 Å². The number of nitrogens with one attached hydrogen (secondary N) is 8. The lowest BCUT2D eigenvalue weighted by Crippen LogP contribution is -2.41. The maximum absolute atomic E-state index is 13.8. The van der Waals surface area contributed by atoms with E-state index in [9.17, 15) is 82.3 Å². The molecule has 10 rings (SSSR count). The van der Waals surface area contributed by atoms with E-state index in [2.05, 4.69) is 88.5 Å². The number of nitro groups is 3. The Labute approximate surface area is 877 Å². The van der Waals surface area contributed by atoms with Crippen molar-refractivity contribution in [1.82, 2.24) is 45.3 Å². The SMILES string of the molecule is CC(C)(C)OC(=O)NCCN.CC(C)[C@@H]1CC[C@@H](C)C[C@H]1C(=O)Cl.COc1ccc(N)c(NCCNC(=O)OC(C)(C)C)c1.COc1ccc([N+](=O)[O-])c(F)c1.COc1ccc([N+](=O)[O-])c(NCCNC(=O)OC(C)(C)C)c1.COc1ccc2[nH]c(=O)n(CCNC(=O)OC(C)(C)C)c2c1.COc1ccc2c(c1)n(CCNC(=O)OC(C)(C)C)c(=O)n2C(=O)[C@@H]1C[C@H](C)CC[C@H]1C(C)C.O=[N+]([O-])c1ccc(O)cc1F.[2H]CI. The molecule has 2 aromatic heterocycles. The Balaban J connectivity index is 0.000000586. The molecule has 0 bridgehead atoms. The maximum Gasteiger partial charge on any atom is 0.407 e. The number of anilines is 3. The number of H-pyrrole nitrogens is 1. The van der Waals surface area contributed by atoms with Crippen molar-refractivity contribution < 1.29 is 111 Å². The number of benzene rings is 6. The number of nitrogens with zero attached hydrogens (tertiary/aromatic N) is 6. The Morgan fingerprint density at radius 3 is 1.23 bits per heavy atom. The van der Waals surface area contributed by atoms with Gasteiger partial charge in [0.05, 0.1) is 83.8 Å². The van der Waals surface area contributed by atoms with Gasteiger partial charge in [-0.3, -0.25) is 49.1 Å². The zero-order valence-corrected chi connectivity index (χ0v) is 91.9. The third-order valence-electron chi connectivity index (χ3n) is 21.2. The molecule has 0 spiro atoms. The number of phenolic OH excluding ortho intramolecular Hbond substituents is 1. The van der Waals surface area contributed by atoms with Crippen LogP contribution in [0.25, 0.3) is 22.1 Å². The number of alkyl carbamates (subject to hydrolysis) is 5. The number of methoxy groups -OCH3 is 5. The van der Waals surface area contributed by atoms with Gasteiger partial charge < -0.3 is 106 Å². The fourth-order valence-corrected chi connectivity index (χ4v) is 14.8. The van der Waals surface area contributed by atoms with Crippen molar-refractivity contribution in [2.24, 2.45) is 53.1 Å². The first-order chi connectivity index (χ1) is 68.9. The van der Waals surface area contributed by atoms with Gasteiger partial charge in [-0.15, -0.1) is 0 Å². The number of rotatable bonds is 28. The van der Waals surface area contributed by atoms with Gasteiger partial charge in [0, 0.05) is 133 Å². The molecular formula is C101H152ClF2IN16O26. The highest BCUT2D eigenvalue weighted by Gasteiger charge is 2.39. The highest BCUT2D eigenvalue weighted by Crippen LogP contribution is 2.41. The van der Waals surface area contributed by atoms with Crippen molar-refractivity contribution in [3.8, 4) is 34.5 Å². The Morgan fingerprint density at radius 2 is 0.830 bits per heavy atom. The molecule has 13 N–H and O–H groups in total. The van der Waals surface area contributed by atoms with Crippen LogP contribution in [0.4, 0.5) is 66.9 Å². The molecule has 46 heteroatoms. The Kier molecular flexibility index (Phi) is 54.6. The number of amides is 5. The smallest absolute Gasteiger partial charge is 0.407 e. The monoisotopic (exact) mass is 2210 g/mol. The van der Waals surface area contributed by atoms with Crippen molar-refractivity contribution in [1.29, 1.82) is 0 Å². The summed E-state index contributed by atoms with van der Waals surface area (Å²) in [5.41, 5.74) is 10.9. The molecule has 820 valence electrons. The second kappa shape index (κ2) is 62.7. The summed E-state index contributed by atoms with van der Waals surface area (Å²) in [5.74, 6) is 3.13. The van der Waals surface area contributed by atoms with E-state index in [1.54, 1.807) is 137 Å². The molecule has 8 aromatic rings. The predicted octanol–water partition coefficient (Wildman–Crippen LogP) is 19.5. The molecule has 6 aromatic carbocycles. The highest BCUT2D eigenvalue weighted by atomic mass is 127. The summed E-state index contributed by atoms with van der Waals surface area (Å²) >= 11 is 7.58. The molecule has 2 heterocycles. The third kappa shape index (κ3) is 48.8. The molecule has 0 aliphatic heterocycles. The van der Waals surface area contributed by atoms with Crippen LogP contribution in [0.2, 0.25) is 0 Å². The lowest BCUT2D eigenvalue weighted by Gasteiger charge is -2.36. The Hall–Kier alpha value is -13.2. The van der Waals surface area contributed by atoms with E-state index in [4.69, 9.17) is 72.2 Å². The number of hydrogen-bond donors (Lipinski definition) is 11. The van der Waals surface area contributed by atoms with Crippen LogP contribution in [0.3, 0.4) is 0 Å². The average Bonchev–Trinajstić information content (AvgIpc) is 1.60. The second-order valence-corrected chi connectivity index (χ2v) is 39.8. The number of fused-ring (bicyclic) bond motifs is 2. The number of carbonyl (C=O) groups is 7. The minimum absolute atomic E-state index is 0.0573. The first-order valence-corrected chi connectivity index (χ1v) is 49.4. The molecule has 2 fully saturated rings. The summed E-state index contributed by atoms with van der Waals surface area (Å²) in [6.07, 6.45) is 3.88. The van der Waals surface area contributed by atoms with Crippen LogP contribution in [0.15, 0.2) is 119 Å². The van der Waals surface area contributed by atoms with Gasteiger partial charge in [-0.05, 0) is 236 Å². The van der Waals surface area contributed by atoms with E-state index in [1.807, 2.05) is 70.2 Å². The Morgan fingerprint density at radius 1 is 0.483 bits per heavy atom. The number of imidazole rings is 2. The van der Waals surface area contributed by atoms with Crippen LogP contribution >= 0.6 is 34.2 Å². The summed E-state index contributed by atoms with van der Waals surface area (Å²) in [4.78, 5) is 140. The molecule has 147 heavy (non-hydrogen) atoms. The van der Waals surface area contributed by atoms with Gasteiger partial charge in [0.15, 0.2) is 0 Å². The minimum Gasteiger partial charge on any atom is -0.508 e.